The molecule has 0 N–H and O–H groups in total. The first-order valence-electron chi connectivity index (χ1n) is 18.7. The van der Waals surface area contributed by atoms with Crippen molar-refractivity contribution in [1.82, 2.24) is 0 Å². The summed E-state index contributed by atoms with van der Waals surface area (Å²) >= 11 is 1.88. The van der Waals surface area contributed by atoms with Gasteiger partial charge in [0, 0.05) is 42.2 Å². The lowest BCUT2D eigenvalue weighted by Gasteiger charge is -2.32. The first kappa shape index (κ1) is 32.0. The van der Waals surface area contributed by atoms with E-state index in [1.165, 1.54) is 92.0 Å². The average molecular weight is 700 g/mol. The third kappa shape index (κ3) is 4.82. The van der Waals surface area contributed by atoms with E-state index in [2.05, 4.69) is 197 Å². The Balaban J connectivity index is 1.34. The predicted molar refractivity (Wildman–Crippen MR) is 231 cm³/mol. The standard InChI is InChI=1S/C51H41NS/c1-50(2,3)41-28-30-44(37-19-9-8-17-35(37)41)52(33-26-27-43-40(31-33)36-18-10-12-22-42(36)51(43,4)5)45-29-25-32-15-6-7-16-34(32)48(45)39-21-14-24-47-49(39)38-20-11-13-23-46(38)53-47/h6-31H,1-5H3. The first-order valence-corrected chi connectivity index (χ1v) is 19.5. The molecule has 0 saturated heterocycles. The Morgan fingerprint density at radius 3 is 1.96 bits per heavy atom. The van der Waals surface area contributed by atoms with Gasteiger partial charge in [0.15, 0.2) is 0 Å². The molecule has 53 heavy (non-hydrogen) atoms. The van der Waals surface area contributed by atoms with Gasteiger partial charge in [-0.2, -0.15) is 0 Å². The first-order chi connectivity index (χ1) is 25.7. The summed E-state index contributed by atoms with van der Waals surface area (Å²) in [6.07, 6.45) is 0. The number of hydrogen-bond acceptors (Lipinski definition) is 2. The highest BCUT2D eigenvalue weighted by Crippen LogP contribution is 2.53. The second kappa shape index (κ2) is 11.7. The van der Waals surface area contributed by atoms with Crippen LogP contribution in [0.15, 0.2) is 158 Å². The zero-order chi connectivity index (χ0) is 36.1. The smallest absolute Gasteiger partial charge is 0.0546 e. The molecule has 0 aliphatic heterocycles. The molecule has 0 fully saturated rings. The van der Waals surface area contributed by atoms with Gasteiger partial charge in [0.05, 0.1) is 11.4 Å². The number of fused-ring (bicyclic) bond motifs is 8. The molecular formula is C51H41NS. The molecule has 8 aromatic carbocycles. The molecule has 1 aliphatic rings. The molecule has 1 aromatic heterocycles. The van der Waals surface area contributed by atoms with Crippen molar-refractivity contribution in [2.24, 2.45) is 0 Å². The minimum Gasteiger partial charge on any atom is -0.309 e. The molecule has 9 aromatic rings. The molecule has 2 heteroatoms. The molecule has 0 bridgehead atoms. The number of rotatable bonds is 4. The quantitative estimate of drug-likeness (QED) is 0.177. The Kier molecular flexibility index (Phi) is 7.03. The highest BCUT2D eigenvalue weighted by Gasteiger charge is 2.36. The second-order valence-corrected chi connectivity index (χ2v) is 17.2. The fourth-order valence-electron chi connectivity index (χ4n) is 9.10. The van der Waals surface area contributed by atoms with Gasteiger partial charge in [-0.15, -0.1) is 11.3 Å². The minimum absolute atomic E-state index is 0.00438. The van der Waals surface area contributed by atoms with E-state index in [-0.39, 0.29) is 10.8 Å². The number of benzene rings is 8. The molecule has 256 valence electrons. The zero-order valence-corrected chi connectivity index (χ0v) is 31.7. The van der Waals surface area contributed by atoms with E-state index < -0.39 is 0 Å². The summed E-state index contributed by atoms with van der Waals surface area (Å²) in [6.45, 7) is 11.7. The molecule has 0 amide bonds. The van der Waals surface area contributed by atoms with E-state index in [1.54, 1.807) is 0 Å². The Morgan fingerprint density at radius 2 is 1.13 bits per heavy atom. The van der Waals surface area contributed by atoms with Crippen LogP contribution in [0.3, 0.4) is 0 Å². The highest BCUT2D eigenvalue weighted by molar-refractivity contribution is 7.25. The van der Waals surface area contributed by atoms with Gasteiger partial charge in [-0.1, -0.05) is 156 Å². The van der Waals surface area contributed by atoms with Crippen LogP contribution in [0.4, 0.5) is 17.1 Å². The molecule has 1 nitrogen and oxygen atoms in total. The number of thiophene rings is 1. The van der Waals surface area contributed by atoms with Crippen LogP contribution in [0.5, 0.6) is 0 Å². The van der Waals surface area contributed by atoms with Crippen molar-refractivity contribution < 1.29 is 0 Å². The van der Waals surface area contributed by atoms with E-state index in [0.717, 1.165) is 5.69 Å². The Bertz CT molecular complexity index is 2920. The van der Waals surface area contributed by atoms with Crippen molar-refractivity contribution in [3.63, 3.8) is 0 Å². The molecular weight excluding hydrogens is 659 g/mol. The summed E-state index contributed by atoms with van der Waals surface area (Å²) in [5.74, 6) is 0. The summed E-state index contributed by atoms with van der Waals surface area (Å²) < 4.78 is 2.63. The van der Waals surface area contributed by atoms with Gasteiger partial charge in [0.2, 0.25) is 0 Å². The number of anilines is 3. The van der Waals surface area contributed by atoms with Gasteiger partial charge in [0.25, 0.3) is 0 Å². The van der Waals surface area contributed by atoms with Crippen LogP contribution in [-0.4, -0.2) is 0 Å². The van der Waals surface area contributed by atoms with Crippen molar-refractivity contribution in [2.75, 3.05) is 4.90 Å². The van der Waals surface area contributed by atoms with E-state index in [9.17, 15) is 0 Å². The Morgan fingerprint density at radius 1 is 0.491 bits per heavy atom. The van der Waals surface area contributed by atoms with E-state index in [4.69, 9.17) is 0 Å². The van der Waals surface area contributed by atoms with E-state index in [1.807, 2.05) is 11.3 Å². The monoisotopic (exact) mass is 699 g/mol. The number of hydrogen-bond donors (Lipinski definition) is 0. The van der Waals surface area contributed by atoms with Gasteiger partial charge >= 0.3 is 0 Å². The molecule has 0 spiro atoms. The van der Waals surface area contributed by atoms with Crippen LogP contribution in [0.1, 0.15) is 51.3 Å². The van der Waals surface area contributed by atoms with Crippen molar-refractivity contribution >= 4 is 70.1 Å². The summed E-state index contributed by atoms with van der Waals surface area (Å²) in [5, 5.41) is 7.66. The minimum atomic E-state index is -0.0693. The van der Waals surface area contributed by atoms with Crippen LogP contribution < -0.4 is 4.90 Å². The van der Waals surface area contributed by atoms with Gasteiger partial charge in [-0.25, -0.2) is 0 Å². The predicted octanol–water partition coefficient (Wildman–Crippen LogP) is 15.1. The largest absolute Gasteiger partial charge is 0.309 e. The third-order valence-corrected chi connectivity index (χ3v) is 12.7. The van der Waals surface area contributed by atoms with Gasteiger partial charge in [-0.3, -0.25) is 0 Å². The normalized spacial score (nSPS) is 13.5. The summed E-state index contributed by atoms with van der Waals surface area (Å²) in [5.41, 5.74) is 12.7. The summed E-state index contributed by atoms with van der Waals surface area (Å²) in [7, 11) is 0. The van der Waals surface area contributed by atoms with Crippen molar-refractivity contribution in [1.29, 1.82) is 0 Å². The maximum atomic E-state index is 2.55. The summed E-state index contributed by atoms with van der Waals surface area (Å²) in [6, 6.07) is 59.2. The maximum absolute atomic E-state index is 2.55. The maximum Gasteiger partial charge on any atom is 0.0546 e. The fourth-order valence-corrected chi connectivity index (χ4v) is 10.2. The van der Waals surface area contributed by atoms with Gasteiger partial charge < -0.3 is 4.90 Å². The van der Waals surface area contributed by atoms with Crippen LogP contribution in [-0.2, 0) is 10.8 Å². The van der Waals surface area contributed by atoms with Gasteiger partial charge in [-0.05, 0) is 91.4 Å². The molecule has 0 atom stereocenters. The molecule has 1 aliphatic carbocycles. The lowest BCUT2D eigenvalue weighted by molar-refractivity contribution is 0.596. The SMILES string of the molecule is CC(C)(C)c1ccc(N(c2ccc3c(c2)-c2ccccc2C3(C)C)c2ccc3ccccc3c2-c2cccc3sc4ccccc4c23)c2ccccc12. The van der Waals surface area contributed by atoms with Gasteiger partial charge in [0.1, 0.15) is 0 Å². The third-order valence-electron chi connectivity index (χ3n) is 11.6. The Labute approximate surface area is 315 Å². The van der Waals surface area contributed by atoms with Crippen LogP contribution in [0.25, 0.3) is 64.0 Å². The molecule has 1 heterocycles. The van der Waals surface area contributed by atoms with Crippen LogP contribution in [0, 0.1) is 0 Å². The number of nitrogens with zero attached hydrogens (tertiary/aromatic N) is 1. The second-order valence-electron chi connectivity index (χ2n) is 16.1. The van der Waals surface area contributed by atoms with E-state index >= 15 is 0 Å². The lowest BCUT2D eigenvalue weighted by Crippen LogP contribution is -2.16. The van der Waals surface area contributed by atoms with Crippen molar-refractivity contribution in [3.05, 3.63) is 174 Å². The molecule has 0 saturated carbocycles. The highest BCUT2D eigenvalue weighted by atomic mass is 32.1. The van der Waals surface area contributed by atoms with Crippen LogP contribution >= 0.6 is 11.3 Å². The Hall–Kier alpha value is -5.70. The van der Waals surface area contributed by atoms with Crippen molar-refractivity contribution in [2.45, 2.75) is 45.4 Å². The topological polar surface area (TPSA) is 3.24 Å². The molecule has 0 radical (unpaired) electrons. The van der Waals surface area contributed by atoms with Crippen molar-refractivity contribution in [3.8, 4) is 22.3 Å². The zero-order valence-electron chi connectivity index (χ0n) is 30.9. The lowest BCUT2D eigenvalue weighted by atomic mass is 9.82. The summed E-state index contributed by atoms with van der Waals surface area (Å²) in [4.78, 5) is 2.55. The van der Waals surface area contributed by atoms with Crippen LogP contribution in [0.2, 0.25) is 0 Å². The fraction of sp³-hybridized carbons (Fsp3) is 0.137. The average Bonchev–Trinajstić information content (AvgIpc) is 3.66. The molecule has 0 unspecified atom stereocenters. The molecule has 10 rings (SSSR count). The van der Waals surface area contributed by atoms with E-state index in [0.29, 0.717) is 0 Å².